The van der Waals surface area contributed by atoms with Crippen LogP contribution in [0, 0.1) is 0 Å². The van der Waals surface area contributed by atoms with E-state index in [1.807, 2.05) is 35.8 Å². The van der Waals surface area contributed by atoms with Crippen molar-refractivity contribution in [1.82, 2.24) is 4.57 Å². The fraction of sp³-hybridized carbons (Fsp3) is 0.143. The van der Waals surface area contributed by atoms with Gasteiger partial charge in [-0.1, -0.05) is 12.1 Å². The van der Waals surface area contributed by atoms with Crippen molar-refractivity contribution in [3.05, 3.63) is 46.3 Å². The smallest absolute Gasteiger partial charge is 0.284 e. The van der Waals surface area contributed by atoms with Gasteiger partial charge in [0.15, 0.2) is 11.3 Å². The zero-order chi connectivity index (χ0) is 13.6. The summed E-state index contributed by atoms with van der Waals surface area (Å²) in [6.45, 7) is 2.60. The number of aromatic nitrogens is 1. The molecule has 5 nitrogen and oxygen atoms in total. The van der Waals surface area contributed by atoms with Crippen LogP contribution in [0.3, 0.4) is 0 Å². The van der Waals surface area contributed by atoms with Crippen LogP contribution in [0.5, 0.6) is 0 Å². The first kappa shape index (κ1) is 11.5. The Bertz CT molecular complexity index is 858. The normalized spacial score (nSPS) is 11.2. The molecular weight excluding hydrogens is 244 g/mol. The fourth-order valence-corrected chi connectivity index (χ4v) is 2.40. The van der Waals surface area contributed by atoms with E-state index in [1.54, 1.807) is 0 Å². The average Bonchev–Trinajstić information content (AvgIpc) is 2.73. The van der Waals surface area contributed by atoms with Gasteiger partial charge in [-0.15, -0.1) is 0 Å². The molecule has 0 atom stereocenters. The minimum atomic E-state index is -0.743. The van der Waals surface area contributed by atoms with Gasteiger partial charge < -0.3 is 14.7 Å². The summed E-state index contributed by atoms with van der Waals surface area (Å²) in [7, 11) is 0. The third kappa shape index (κ3) is 1.55. The highest BCUT2D eigenvalue weighted by Crippen LogP contribution is 2.27. The lowest BCUT2D eigenvalue weighted by Crippen LogP contribution is -2.15. The Labute approximate surface area is 108 Å². The van der Waals surface area contributed by atoms with Crippen LogP contribution < -0.4 is 11.2 Å². The maximum absolute atomic E-state index is 12.2. The third-order valence-electron chi connectivity index (χ3n) is 3.19. The Morgan fingerprint density at radius 1 is 1.37 bits per heavy atom. The molecule has 0 fully saturated rings. The van der Waals surface area contributed by atoms with E-state index in [4.69, 9.17) is 10.2 Å². The molecule has 0 spiro atoms. The zero-order valence-corrected chi connectivity index (χ0v) is 10.3. The molecule has 0 unspecified atom stereocenters. The zero-order valence-electron chi connectivity index (χ0n) is 10.3. The van der Waals surface area contributed by atoms with E-state index in [1.165, 1.54) is 0 Å². The van der Waals surface area contributed by atoms with Gasteiger partial charge in [0, 0.05) is 18.0 Å². The Kier molecular flexibility index (Phi) is 2.41. The lowest BCUT2D eigenvalue weighted by atomic mass is 10.2. The van der Waals surface area contributed by atoms with Gasteiger partial charge in [-0.2, -0.15) is 0 Å². The molecule has 0 radical (unpaired) electrons. The Morgan fingerprint density at radius 2 is 2.11 bits per heavy atom. The number of para-hydroxylation sites is 1. The second-order valence-corrected chi connectivity index (χ2v) is 4.28. The van der Waals surface area contributed by atoms with Gasteiger partial charge in [-0.25, -0.2) is 0 Å². The monoisotopic (exact) mass is 256 g/mol. The summed E-state index contributed by atoms with van der Waals surface area (Å²) < 4.78 is 7.38. The minimum Gasteiger partial charge on any atom is -0.448 e. The summed E-state index contributed by atoms with van der Waals surface area (Å²) in [6, 6.07) is 8.68. The van der Waals surface area contributed by atoms with Crippen LogP contribution in [0.25, 0.3) is 22.0 Å². The van der Waals surface area contributed by atoms with Crippen LogP contribution >= 0.6 is 0 Å². The van der Waals surface area contributed by atoms with Crippen LogP contribution in [0.1, 0.15) is 17.5 Å². The van der Waals surface area contributed by atoms with E-state index in [0.717, 1.165) is 17.0 Å². The first-order valence-electron chi connectivity index (χ1n) is 5.98. The summed E-state index contributed by atoms with van der Waals surface area (Å²) in [6.07, 6.45) is 0. The van der Waals surface area contributed by atoms with Crippen LogP contribution in [-0.2, 0) is 6.54 Å². The molecule has 96 valence electrons. The van der Waals surface area contributed by atoms with Gasteiger partial charge in [0.25, 0.3) is 5.91 Å². The lowest BCUT2D eigenvalue weighted by molar-refractivity contribution is 0.0974. The molecule has 0 aliphatic carbocycles. The van der Waals surface area contributed by atoms with Crippen molar-refractivity contribution in [3.8, 4) is 0 Å². The van der Waals surface area contributed by atoms with E-state index in [-0.39, 0.29) is 11.2 Å². The number of hydrogen-bond donors (Lipinski definition) is 1. The molecule has 0 aliphatic rings. The number of carbonyl (C=O) groups is 1. The van der Waals surface area contributed by atoms with E-state index >= 15 is 0 Å². The van der Waals surface area contributed by atoms with Crippen molar-refractivity contribution >= 4 is 27.9 Å². The first-order chi connectivity index (χ1) is 9.13. The van der Waals surface area contributed by atoms with Gasteiger partial charge in [0.05, 0.1) is 5.52 Å². The second kappa shape index (κ2) is 3.98. The van der Waals surface area contributed by atoms with Crippen LogP contribution in [-0.4, -0.2) is 10.5 Å². The van der Waals surface area contributed by atoms with E-state index in [9.17, 15) is 9.59 Å². The number of fused-ring (bicyclic) bond motifs is 3. The quantitative estimate of drug-likeness (QED) is 0.760. The minimum absolute atomic E-state index is 0.114. The first-order valence-corrected chi connectivity index (χ1v) is 5.98. The summed E-state index contributed by atoms with van der Waals surface area (Å²) in [5.74, 6) is -0.858. The summed E-state index contributed by atoms with van der Waals surface area (Å²) in [5, 5.41) is 0.805. The lowest BCUT2D eigenvalue weighted by Gasteiger charge is -2.01. The van der Waals surface area contributed by atoms with Crippen molar-refractivity contribution in [3.63, 3.8) is 0 Å². The van der Waals surface area contributed by atoms with Gasteiger partial charge in [0.1, 0.15) is 5.52 Å². The van der Waals surface area contributed by atoms with Gasteiger partial charge in [-0.3, -0.25) is 9.59 Å². The van der Waals surface area contributed by atoms with Crippen molar-refractivity contribution in [1.29, 1.82) is 0 Å². The van der Waals surface area contributed by atoms with E-state index in [0.29, 0.717) is 17.6 Å². The average molecular weight is 256 g/mol. The number of carbonyl (C=O) groups excluding carboxylic acids is 1. The predicted molar refractivity (Wildman–Crippen MR) is 72.2 cm³/mol. The van der Waals surface area contributed by atoms with E-state index < -0.39 is 5.91 Å². The Morgan fingerprint density at radius 3 is 2.79 bits per heavy atom. The molecule has 1 amide bonds. The molecule has 2 heterocycles. The molecule has 5 heteroatoms. The standard InChI is InChI=1S/C14H12N2O3/c1-2-16-9-6-4-3-5-8(9)13-12(16)10(17)7-11(19-13)14(15)18/h3-7H,2H2,1H3,(H2,15,18). The topological polar surface area (TPSA) is 78.2 Å². The number of hydrogen-bond acceptors (Lipinski definition) is 3. The number of primary amides is 1. The molecule has 3 aromatic rings. The maximum atomic E-state index is 12.2. The highest BCUT2D eigenvalue weighted by Gasteiger charge is 2.17. The Balaban J connectivity index is 2.59. The number of rotatable bonds is 2. The van der Waals surface area contributed by atoms with Gasteiger partial charge in [-0.05, 0) is 19.1 Å². The summed E-state index contributed by atoms with van der Waals surface area (Å²) in [5.41, 5.74) is 6.71. The molecule has 1 aromatic carbocycles. The van der Waals surface area contributed by atoms with Crippen LogP contribution in [0.15, 0.2) is 39.5 Å². The molecule has 2 aromatic heterocycles. The molecule has 0 saturated heterocycles. The number of amides is 1. The van der Waals surface area contributed by atoms with Crippen molar-refractivity contribution in [2.45, 2.75) is 13.5 Å². The molecule has 19 heavy (non-hydrogen) atoms. The number of benzene rings is 1. The highest BCUT2D eigenvalue weighted by atomic mass is 16.3. The fourth-order valence-electron chi connectivity index (χ4n) is 2.40. The molecule has 0 bridgehead atoms. The number of nitrogens with two attached hydrogens (primary N) is 1. The predicted octanol–water partition coefficient (Wildman–Crippen LogP) is 1.87. The van der Waals surface area contributed by atoms with Crippen molar-refractivity contribution < 1.29 is 9.21 Å². The van der Waals surface area contributed by atoms with Crippen molar-refractivity contribution in [2.75, 3.05) is 0 Å². The molecular formula is C14H12N2O3. The van der Waals surface area contributed by atoms with Gasteiger partial charge in [0.2, 0.25) is 5.43 Å². The number of aryl methyl sites for hydroxylation is 1. The highest BCUT2D eigenvalue weighted by molar-refractivity contribution is 6.05. The third-order valence-corrected chi connectivity index (χ3v) is 3.19. The van der Waals surface area contributed by atoms with Crippen LogP contribution in [0.4, 0.5) is 0 Å². The maximum Gasteiger partial charge on any atom is 0.284 e. The molecule has 3 rings (SSSR count). The molecule has 0 saturated carbocycles. The second-order valence-electron chi connectivity index (χ2n) is 4.28. The SMILES string of the molecule is CCn1c2ccccc2c2oc(C(N)=O)cc(=O)c21. The van der Waals surface area contributed by atoms with E-state index in [2.05, 4.69) is 0 Å². The van der Waals surface area contributed by atoms with Crippen LogP contribution in [0.2, 0.25) is 0 Å². The molecule has 0 aliphatic heterocycles. The summed E-state index contributed by atoms with van der Waals surface area (Å²) >= 11 is 0. The molecule has 2 N–H and O–H groups in total. The van der Waals surface area contributed by atoms with Crippen molar-refractivity contribution in [2.24, 2.45) is 5.73 Å². The largest absolute Gasteiger partial charge is 0.448 e. The van der Waals surface area contributed by atoms with Gasteiger partial charge >= 0.3 is 0 Å². The number of nitrogens with zero attached hydrogens (tertiary/aromatic N) is 1. The summed E-state index contributed by atoms with van der Waals surface area (Å²) in [4.78, 5) is 23.4. The Hall–Kier alpha value is -2.56.